The third-order valence-corrected chi connectivity index (χ3v) is 9.53. The van der Waals surface area contributed by atoms with Gasteiger partial charge in [-0.15, -0.1) is 0 Å². The fraction of sp³-hybridized carbons (Fsp3) is 0.163. The van der Waals surface area contributed by atoms with Gasteiger partial charge in [0.2, 0.25) is 0 Å². The number of fused-ring (bicyclic) bond motifs is 4. The van der Waals surface area contributed by atoms with Crippen molar-refractivity contribution in [3.8, 4) is 39.1 Å². The predicted molar refractivity (Wildman–Crippen MR) is 191 cm³/mol. The molecule has 1 aliphatic carbocycles. The molecule has 1 aromatic heterocycles. The van der Waals surface area contributed by atoms with E-state index >= 15 is 0 Å². The highest BCUT2D eigenvalue weighted by molar-refractivity contribution is 5.98. The first-order chi connectivity index (χ1) is 21.3. The Morgan fingerprint density at radius 2 is 1.23 bits per heavy atom. The molecule has 1 heterocycles. The van der Waals surface area contributed by atoms with Crippen molar-refractivity contribution in [2.75, 3.05) is 0 Å². The molecule has 1 nitrogen and oxygen atoms in total. The van der Waals surface area contributed by atoms with Crippen molar-refractivity contribution in [2.45, 2.75) is 47.0 Å². The van der Waals surface area contributed by atoms with E-state index < -0.39 is 0 Å². The number of allylic oxidation sites excluding steroid dienone is 2. The van der Waals surface area contributed by atoms with Crippen LogP contribution in [-0.4, -0.2) is 4.57 Å². The summed E-state index contributed by atoms with van der Waals surface area (Å²) in [5, 5.41) is 1.26. The minimum absolute atomic E-state index is 0.0504. The molecule has 0 saturated carbocycles. The first-order valence-corrected chi connectivity index (χ1v) is 15.7. The molecule has 0 unspecified atom stereocenters. The van der Waals surface area contributed by atoms with Crippen LogP contribution in [0.5, 0.6) is 0 Å². The molecule has 7 rings (SSSR count). The molecular weight excluding hydrogens is 530 g/mol. The van der Waals surface area contributed by atoms with Gasteiger partial charge in [-0.25, -0.2) is 0 Å². The molecule has 216 valence electrons. The quantitative estimate of drug-likeness (QED) is 0.195. The van der Waals surface area contributed by atoms with E-state index in [9.17, 15) is 0 Å². The lowest BCUT2D eigenvalue weighted by Gasteiger charge is -2.22. The summed E-state index contributed by atoms with van der Waals surface area (Å²) in [6.07, 6.45) is 8.83. The Morgan fingerprint density at radius 3 is 2.00 bits per heavy atom. The molecule has 0 bridgehead atoms. The van der Waals surface area contributed by atoms with Crippen LogP contribution < -0.4 is 0 Å². The predicted octanol–water partition coefficient (Wildman–Crippen LogP) is 12.0. The number of hydrogen-bond acceptors (Lipinski definition) is 0. The SMILES string of the molecule is C/C=C\c1c(/C=C/C)c2cc(-c3ccc(C)c(-c4ccccc4C)c3)ccc2n1-c1ccc2c(c1)C(C)(C)c1ccccc1-2. The lowest BCUT2D eigenvalue weighted by atomic mass is 9.82. The maximum Gasteiger partial charge on any atom is 0.0541 e. The Balaban J connectivity index is 1.43. The van der Waals surface area contributed by atoms with E-state index in [-0.39, 0.29) is 5.41 Å². The van der Waals surface area contributed by atoms with Crippen molar-refractivity contribution in [1.29, 1.82) is 0 Å². The van der Waals surface area contributed by atoms with Crippen LogP contribution in [0.15, 0.2) is 115 Å². The summed E-state index contributed by atoms with van der Waals surface area (Å²) in [5.74, 6) is 0. The van der Waals surface area contributed by atoms with Crippen molar-refractivity contribution in [3.63, 3.8) is 0 Å². The van der Waals surface area contributed by atoms with Gasteiger partial charge in [0.25, 0.3) is 0 Å². The van der Waals surface area contributed by atoms with Gasteiger partial charge in [-0.3, -0.25) is 0 Å². The van der Waals surface area contributed by atoms with E-state index in [2.05, 4.69) is 174 Å². The van der Waals surface area contributed by atoms with Gasteiger partial charge in [0.1, 0.15) is 0 Å². The third-order valence-electron chi connectivity index (χ3n) is 9.53. The van der Waals surface area contributed by atoms with Crippen LogP contribution in [0.25, 0.3) is 62.1 Å². The summed E-state index contributed by atoms with van der Waals surface area (Å²) < 4.78 is 2.45. The lowest BCUT2D eigenvalue weighted by Crippen LogP contribution is -2.15. The molecule has 0 amide bonds. The highest BCUT2D eigenvalue weighted by Gasteiger charge is 2.35. The van der Waals surface area contributed by atoms with Gasteiger partial charge in [-0.05, 0) is 120 Å². The van der Waals surface area contributed by atoms with Gasteiger partial charge >= 0.3 is 0 Å². The first kappa shape index (κ1) is 27.9. The number of benzene rings is 5. The maximum atomic E-state index is 2.45. The van der Waals surface area contributed by atoms with Crippen molar-refractivity contribution < 1.29 is 0 Å². The monoisotopic (exact) mass is 569 g/mol. The standard InChI is InChI=1S/C43H39N/c1-7-13-36-38-26-31(30-20-19-29(4)37(25-30)33-16-10-9-15-28(33)3)21-24-42(38)44(41(36)14-8-2)32-22-23-35-34-17-11-12-18-39(34)43(5,6)40(35)27-32/h7-27H,1-6H3/b13-7+,14-8-. The van der Waals surface area contributed by atoms with Gasteiger partial charge in [0.05, 0.1) is 11.2 Å². The van der Waals surface area contributed by atoms with Crippen LogP contribution in [0, 0.1) is 13.8 Å². The fourth-order valence-corrected chi connectivity index (χ4v) is 7.25. The average Bonchev–Trinajstić information content (AvgIpc) is 3.45. The van der Waals surface area contributed by atoms with Gasteiger partial charge < -0.3 is 4.57 Å². The largest absolute Gasteiger partial charge is 0.309 e. The second kappa shape index (κ2) is 10.7. The Morgan fingerprint density at radius 1 is 0.568 bits per heavy atom. The Bertz CT molecular complexity index is 2130. The Hall–Kier alpha value is -4.88. The average molecular weight is 570 g/mol. The van der Waals surface area contributed by atoms with E-state index in [1.54, 1.807) is 0 Å². The molecular formula is C43H39N. The molecule has 0 spiro atoms. The summed E-state index contributed by atoms with van der Waals surface area (Å²) >= 11 is 0. The summed E-state index contributed by atoms with van der Waals surface area (Å²) in [4.78, 5) is 0. The van der Waals surface area contributed by atoms with Gasteiger partial charge in [0.15, 0.2) is 0 Å². The minimum Gasteiger partial charge on any atom is -0.309 e. The summed E-state index contributed by atoms with van der Waals surface area (Å²) in [6, 6.07) is 38.4. The van der Waals surface area contributed by atoms with Crippen molar-refractivity contribution in [1.82, 2.24) is 4.57 Å². The summed E-state index contributed by atoms with van der Waals surface area (Å²) in [5.41, 5.74) is 18.0. The zero-order valence-electron chi connectivity index (χ0n) is 26.6. The molecule has 6 aromatic rings. The lowest BCUT2D eigenvalue weighted by molar-refractivity contribution is 0.660. The zero-order valence-corrected chi connectivity index (χ0v) is 26.6. The number of aryl methyl sites for hydroxylation is 2. The molecule has 0 aliphatic heterocycles. The van der Waals surface area contributed by atoms with E-state index in [0.717, 1.165) is 0 Å². The molecule has 0 saturated heterocycles. The van der Waals surface area contributed by atoms with Gasteiger partial charge in [0, 0.05) is 22.1 Å². The van der Waals surface area contributed by atoms with Gasteiger partial charge in [-0.1, -0.05) is 105 Å². The van der Waals surface area contributed by atoms with E-state index in [1.807, 2.05) is 0 Å². The Labute approximate surface area is 261 Å². The highest BCUT2D eigenvalue weighted by Crippen LogP contribution is 2.49. The maximum absolute atomic E-state index is 2.45. The molecule has 44 heavy (non-hydrogen) atoms. The smallest absolute Gasteiger partial charge is 0.0541 e. The molecule has 1 heteroatoms. The summed E-state index contributed by atoms with van der Waals surface area (Å²) in [7, 11) is 0. The Kier molecular flexibility index (Phi) is 6.78. The topological polar surface area (TPSA) is 4.93 Å². The number of hydrogen-bond donors (Lipinski definition) is 0. The van der Waals surface area contributed by atoms with E-state index in [0.29, 0.717) is 0 Å². The van der Waals surface area contributed by atoms with Crippen LogP contribution in [0.2, 0.25) is 0 Å². The minimum atomic E-state index is -0.0504. The molecule has 0 radical (unpaired) electrons. The second-order valence-electron chi connectivity index (χ2n) is 12.6. The molecule has 5 aromatic carbocycles. The van der Waals surface area contributed by atoms with Crippen LogP contribution in [0.1, 0.15) is 61.2 Å². The van der Waals surface area contributed by atoms with Gasteiger partial charge in [-0.2, -0.15) is 0 Å². The molecule has 0 fully saturated rings. The van der Waals surface area contributed by atoms with Crippen LogP contribution in [0.4, 0.5) is 0 Å². The van der Waals surface area contributed by atoms with Crippen molar-refractivity contribution in [3.05, 3.63) is 149 Å². The first-order valence-electron chi connectivity index (χ1n) is 15.7. The van der Waals surface area contributed by atoms with Crippen LogP contribution in [0.3, 0.4) is 0 Å². The van der Waals surface area contributed by atoms with E-state index in [4.69, 9.17) is 0 Å². The molecule has 1 aliphatic rings. The van der Waals surface area contributed by atoms with Crippen LogP contribution >= 0.6 is 0 Å². The zero-order chi connectivity index (χ0) is 30.6. The number of aromatic nitrogens is 1. The van der Waals surface area contributed by atoms with E-state index in [1.165, 1.54) is 83.5 Å². The number of nitrogens with zero attached hydrogens (tertiary/aromatic N) is 1. The van der Waals surface area contributed by atoms with Crippen molar-refractivity contribution in [2.24, 2.45) is 0 Å². The highest BCUT2D eigenvalue weighted by atomic mass is 15.0. The van der Waals surface area contributed by atoms with Crippen LogP contribution in [-0.2, 0) is 5.41 Å². The fourth-order valence-electron chi connectivity index (χ4n) is 7.25. The second-order valence-corrected chi connectivity index (χ2v) is 12.6. The summed E-state index contributed by atoms with van der Waals surface area (Å²) in [6.45, 7) is 13.3. The number of rotatable bonds is 5. The normalized spacial score (nSPS) is 13.7. The molecule has 0 atom stereocenters. The molecule has 0 N–H and O–H groups in total. The van der Waals surface area contributed by atoms with Crippen molar-refractivity contribution >= 4 is 23.1 Å². The third kappa shape index (κ3) is 4.30.